The Morgan fingerprint density at radius 3 is 2.59 bits per heavy atom. The largest absolute Gasteiger partial charge is 0.376 e. The molecule has 0 bridgehead atoms. The van der Waals surface area contributed by atoms with Crippen LogP contribution in [0.25, 0.3) is 0 Å². The summed E-state index contributed by atoms with van der Waals surface area (Å²) in [5, 5.41) is 3.15. The second-order valence-electron chi connectivity index (χ2n) is 6.86. The normalized spacial score (nSPS) is 21.3. The summed E-state index contributed by atoms with van der Waals surface area (Å²) in [6, 6.07) is 7.13. The van der Waals surface area contributed by atoms with Crippen LogP contribution in [0.2, 0.25) is 0 Å². The van der Waals surface area contributed by atoms with Gasteiger partial charge in [0.2, 0.25) is 10.0 Å². The van der Waals surface area contributed by atoms with Crippen molar-refractivity contribution in [2.24, 2.45) is 0 Å². The van der Waals surface area contributed by atoms with Crippen LogP contribution in [0.1, 0.15) is 23.2 Å². The molecule has 2 aliphatic heterocycles. The van der Waals surface area contributed by atoms with Crippen molar-refractivity contribution in [1.82, 2.24) is 14.5 Å². The molecular weight excluding hydrogens is 434 g/mol. The van der Waals surface area contributed by atoms with Gasteiger partial charge in [0.05, 0.1) is 11.9 Å². The summed E-state index contributed by atoms with van der Waals surface area (Å²) in [4.78, 5) is 14.6. The summed E-state index contributed by atoms with van der Waals surface area (Å²) in [5.41, 5.74) is 0.552. The molecule has 1 aromatic rings. The van der Waals surface area contributed by atoms with E-state index in [9.17, 15) is 13.2 Å². The number of benzene rings is 1. The van der Waals surface area contributed by atoms with E-state index in [1.165, 1.54) is 4.31 Å². The highest BCUT2D eigenvalue weighted by atomic mass is 79.9. The van der Waals surface area contributed by atoms with E-state index >= 15 is 0 Å². The summed E-state index contributed by atoms with van der Waals surface area (Å²) >= 11 is 3.37. The minimum absolute atomic E-state index is 0.0220. The maximum absolute atomic E-state index is 13.0. The van der Waals surface area contributed by atoms with Gasteiger partial charge in [-0.05, 0) is 37.1 Å². The highest BCUT2D eigenvalue weighted by molar-refractivity contribution is 9.10. The number of nitrogens with zero attached hydrogens (tertiary/aromatic N) is 2. The first kappa shape index (κ1) is 20.7. The topological polar surface area (TPSA) is 79.0 Å². The summed E-state index contributed by atoms with van der Waals surface area (Å²) in [5.74, 6) is -0.226. The van der Waals surface area contributed by atoms with E-state index in [2.05, 4.69) is 21.2 Å². The van der Waals surface area contributed by atoms with Crippen molar-refractivity contribution in [3.63, 3.8) is 0 Å². The monoisotopic (exact) mass is 459 g/mol. The number of hydrogen-bond donors (Lipinski definition) is 1. The molecule has 150 valence electrons. The number of hydrogen-bond acceptors (Lipinski definition) is 5. The number of sulfonamides is 1. The third kappa shape index (κ3) is 5.74. The van der Waals surface area contributed by atoms with Gasteiger partial charge in [0.25, 0.3) is 5.91 Å². The Kier molecular flexibility index (Phi) is 7.27. The lowest BCUT2D eigenvalue weighted by molar-refractivity contribution is 0.0540. The fourth-order valence-corrected chi connectivity index (χ4v) is 5.07. The van der Waals surface area contributed by atoms with Gasteiger partial charge in [-0.2, -0.15) is 4.31 Å². The fraction of sp³-hybridized carbons (Fsp3) is 0.611. The first-order valence-electron chi connectivity index (χ1n) is 9.31. The number of piperazine rings is 1. The standard InChI is InChI=1S/C18H26BrN3O4S/c19-16-5-3-15(4-6-16)18(23)21(14-17-2-1-12-26-17)11-13-27(24,25)22-9-7-20-8-10-22/h3-6,17,20H,1-2,7-14H2/t17-/m0/s1. The molecule has 2 saturated heterocycles. The van der Waals surface area contributed by atoms with Crippen molar-refractivity contribution < 1.29 is 17.9 Å². The molecule has 0 unspecified atom stereocenters. The molecule has 7 nitrogen and oxygen atoms in total. The Hall–Kier alpha value is -1.00. The average molecular weight is 460 g/mol. The summed E-state index contributed by atoms with van der Waals surface area (Å²) in [6.45, 7) is 3.58. The lowest BCUT2D eigenvalue weighted by Crippen LogP contribution is -2.49. The first-order chi connectivity index (χ1) is 13.0. The first-order valence-corrected chi connectivity index (χ1v) is 11.7. The van der Waals surface area contributed by atoms with E-state index < -0.39 is 10.0 Å². The minimum atomic E-state index is -3.38. The van der Waals surface area contributed by atoms with Crippen LogP contribution in [-0.4, -0.2) is 81.3 Å². The smallest absolute Gasteiger partial charge is 0.253 e. The van der Waals surface area contributed by atoms with E-state index in [1.807, 2.05) is 12.1 Å². The molecule has 0 aliphatic carbocycles. The van der Waals surface area contributed by atoms with Crippen molar-refractivity contribution in [2.75, 3.05) is 51.6 Å². The molecule has 3 rings (SSSR count). The minimum Gasteiger partial charge on any atom is -0.376 e. The average Bonchev–Trinajstić information content (AvgIpc) is 3.19. The molecule has 0 spiro atoms. The highest BCUT2D eigenvalue weighted by Crippen LogP contribution is 2.17. The number of rotatable bonds is 7. The van der Waals surface area contributed by atoms with Crippen LogP contribution in [0.5, 0.6) is 0 Å². The SMILES string of the molecule is O=C(c1ccc(Br)cc1)N(CCS(=O)(=O)N1CCNCC1)C[C@@H]1CCCO1. The number of halogens is 1. The van der Waals surface area contributed by atoms with Gasteiger partial charge < -0.3 is 15.0 Å². The van der Waals surface area contributed by atoms with Crippen LogP contribution < -0.4 is 5.32 Å². The van der Waals surface area contributed by atoms with Gasteiger partial charge in [-0.25, -0.2) is 8.42 Å². The molecule has 27 heavy (non-hydrogen) atoms. The molecule has 9 heteroatoms. The van der Waals surface area contributed by atoms with Crippen LogP contribution in [0.3, 0.4) is 0 Å². The summed E-state index contributed by atoms with van der Waals surface area (Å²) in [7, 11) is -3.38. The van der Waals surface area contributed by atoms with E-state index in [1.54, 1.807) is 17.0 Å². The quantitative estimate of drug-likeness (QED) is 0.664. The van der Waals surface area contributed by atoms with Crippen LogP contribution in [0.15, 0.2) is 28.7 Å². The Bertz CT molecular complexity index is 729. The van der Waals surface area contributed by atoms with Crippen LogP contribution in [0.4, 0.5) is 0 Å². The predicted molar refractivity (Wildman–Crippen MR) is 107 cm³/mol. The maximum Gasteiger partial charge on any atom is 0.253 e. The molecule has 0 saturated carbocycles. The molecule has 1 amide bonds. The van der Waals surface area contributed by atoms with E-state index in [0.29, 0.717) is 44.9 Å². The third-order valence-electron chi connectivity index (χ3n) is 4.91. The fourth-order valence-electron chi connectivity index (χ4n) is 3.36. The van der Waals surface area contributed by atoms with E-state index in [4.69, 9.17) is 4.74 Å². The Morgan fingerprint density at radius 2 is 1.96 bits per heavy atom. The molecule has 2 fully saturated rings. The maximum atomic E-state index is 13.0. The molecule has 2 heterocycles. The number of amides is 1. The van der Waals surface area contributed by atoms with Crippen molar-refractivity contribution in [3.8, 4) is 0 Å². The second-order valence-corrected chi connectivity index (χ2v) is 9.86. The zero-order valence-electron chi connectivity index (χ0n) is 15.3. The van der Waals surface area contributed by atoms with Gasteiger partial charge in [-0.1, -0.05) is 15.9 Å². The molecule has 1 atom stereocenters. The third-order valence-corrected chi connectivity index (χ3v) is 7.29. The Morgan fingerprint density at radius 1 is 1.26 bits per heavy atom. The summed E-state index contributed by atoms with van der Waals surface area (Å²) in [6.07, 6.45) is 1.85. The number of nitrogens with one attached hydrogen (secondary N) is 1. The second kappa shape index (κ2) is 9.47. The van der Waals surface area contributed by atoms with Gasteiger partial charge >= 0.3 is 0 Å². The van der Waals surface area contributed by atoms with Gasteiger partial charge in [0.15, 0.2) is 0 Å². The van der Waals surface area contributed by atoms with E-state index in [-0.39, 0.29) is 24.3 Å². The molecule has 1 N–H and O–H groups in total. The van der Waals surface area contributed by atoms with Crippen molar-refractivity contribution >= 4 is 31.9 Å². The van der Waals surface area contributed by atoms with Crippen molar-refractivity contribution in [3.05, 3.63) is 34.3 Å². The van der Waals surface area contributed by atoms with Crippen molar-refractivity contribution in [2.45, 2.75) is 18.9 Å². The molecule has 1 aromatic carbocycles. The molecular formula is C18H26BrN3O4S. The molecule has 0 radical (unpaired) electrons. The van der Waals surface area contributed by atoms with Crippen LogP contribution >= 0.6 is 15.9 Å². The zero-order chi connectivity index (χ0) is 19.3. The van der Waals surface area contributed by atoms with Gasteiger partial charge in [-0.3, -0.25) is 4.79 Å². The molecule has 2 aliphatic rings. The van der Waals surface area contributed by atoms with E-state index in [0.717, 1.165) is 17.3 Å². The zero-order valence-corrected chi connectivity index (χ0v) is 17.7. The highest BCUT2D eigenvalue weighted by Gasteiger charge is 2.28. The van der Waals surface area contributed by atoms with Crippen molar-refractivity contribution in [1.29, 1.82) is 0 Å². The van der Waals surface area contributed by atoms with Gasteiger partial charge in [-0.15, -0.1) is 0 Å². The Labute approximate surface area is 169 Å². The van der Waals surface area contributed by atoms with Gasteiger partial charge in [0.1, 0.15) is 0 Å². The number of carbonyl (C=O) groups excluding carboxylic acids is 1. The number of carbonyl (C=O) groups is 1. The molecule has 0 aromatic heterocycles. The van der Waals surface area contributed by atoms with Crippen LogP contribution in [-0.2, 0) is 14.8 Å². The van der Waals surface area contributed by atoms with Crippen LogP contribution in [0, 0.1) is 0 Å². The summed E-state index contributed by atoms with van der Waals surface area (Å²) < 4.78 is 33.4. The Balaban J connectivity index is 1.69. The lowest BCUT2D eigenvalue weighted by Gasteiger charge is -2.29. The number of ether oxygens (including phenoxy) is 1. The predicted octanol–water partition coefficient (Wildman–Crippen LogP) is 1.31. The van der Waals surface area contributed by atoms with Gasteiger partial charge in [0, 0.05) is 55.9 Å². The lowest BCUT2D eigenvalue weighted by atomic mass is 10.1.